The molecule has 0 spiro atoms. The molecule has 0 radical (unpaired) electrons. The maximum absolute atomic E-state index is 9.66. The average molecular weight is 1310 g/mol. The first-order valence-electron chi connectivity index (χ1n) is 31.0. The highest BCUT2D eigenvalue weighted by atomic mass is 16.5. The topological polar surface area (TPSA) is 264 Å². The lowest BCUT2D eigenvalue weighted by Crippen LogP contribution is -2.27. The summed E-state index contributed by atoms with van der Waals surface area (Å²) in [5.74, 6) is 4.83. The van der Waals surface area contributed by atoms with Gasteiger partial charge in [-0.1, -0.05) is 52.2 Å². The fraction of sp³-hybridized carbons (Fsp3) is 0.294. The smallest absolute Gasteiger partial charge is 0.427 e. The Bertz CT molecular complexity index is 4190. The molecule has 8 aromatic rings. The summed E-state index contributed by atoms with van der Waals surface area (Å²) in [5.41, 5.74) is 14.5. The van der Waals surface area contributed by atoms with Gasteiger partial charge >= 0.3 is 27.9 Å². The Kier molecular flexibility index (Phi) is 26.5. The average Bonchev–Trinajstić information content (AvgIpc) is 1.85. The number of benzene rings is 4. The molecule has 8 heterocycles. The van der Waals surface area contributed by atoms with Gasteiger partial charge in [0.1, 0.15) is 46.5 Å². The van der Waals surface area contributed by atoms with Crippen LogP contribution in [0, 0.1) is 26.3 Å². The van der Waals surface area contributed by atoms with Crippen LogP contribution in [0.2, 0.25) is 20.5 Å². The normalized spacial score (nSPS) is 12.5. The van der Waals surface area contributed by atoms with Gasteiger partial charge in [0, 0.05) is 77.2 Å². The SMILES string of the molecule is C.[C-]#[N+]c1ccc(Nc2ccc3c(c2)COB3C)nc1N(C)CCO.[C-]#[N+]c1ccc(Nc2ccc3c(c2)COB3C)nc1N(C)CCOC.[C-]#[N+]c1ccc(Nc2ccc3c(c2)COB3C)nc1NCCO.[C-]#[N+]c1ccc(Nc2ccc3c(c2)COB3O)nc1NCCOC. The van der Waals surface area contributed by atoms with E-state index in [-0.39, 0.29) is 41.4 Å². The van der Waals surface area contributed by atoms with Crippen molar-refractivity contribution >= 4 is 142 Å². The van der Waals surface area contributed by atoms with Crippen LogP contribution in [0.1, 0.15) is 29.7 Å². The Hall–Kier alpha value is -10.3. The molecule has 4 aliphatic rings. The Morgan fingerprint density at radius 3 is 1.19 bits per heavy atom. The fourth-order valence-electron chi connectivity index (χ4n) is 10.7. The molecule has 0 saturated heterocycles. The molecule has 25 nitrogen and oxygen atoms in total. The van der Waals surface area contributed by atoms with Gasteiger partial charge < -0.3 is 85.0 Å². The Labute approximate surface area is 568 Å². The molecular formula is C68H78B4N16O9. The summed E-state index contributed by atoms with van der Waals surface area (Å²) >= 11 is 0. The minimum absolute atomic E-state index is 0. The molecule has 29 heteroatoms. The maximum atomic E-state index is 9.66. The minimum atomic E-state index is -0.846. The van der Waals surface area contributed by atoms with Crippen molar-refractivity contribution in [1.29, 1.82) is 0 Å². The molecule has 0 bridgehead atoms. The molecule has 0 unspecified atom stereocenters. The van der Waals surface area contributed by atoms with Crippen LogP contribution < -0.4 is 63.6 Å². The molecule has 0 fully saturated rings. The lowest BCUT2D eigenvalue weighted by atomic mass is 9.64. The third kappa shape index (κ3) is 19.0. The van der Waals surface area contributed by atoms with E-state index in [4.69, 9.17) is 64.6 Å². The predicted octanol–water partition coefficient (Wildman–Crippen LogP) is 9.41. The van der Waals surface area contributed by atoms with Crippen molar-refractivity contribution in [3.63, 3.8) is 0 Å². The Morgan fingerprint density at radius 1 is 0.454 bits per heavy atom. The van der Waals surface area contributed by atoms with Gasteiger partial charge in [-0.3, -0.25) is 0 Å². The monoisotopic (exact) mass is 1310 g/mol. The van der Waals surface area contributed by atoms with E-state index < -0.39 is 7.12 Å². The molecule has 0 amide bonds. The number of aromatic nitrogens is 4. The second-order valence-electron chi connectivity index (χ2n) is 22.5. The fourth-order valence-corrected chi connectivity index (χ4v) is 10.7. The van der Waals surface area contributed by atoms with Gasteiger partial charge in [-0.2, -0.15) is 0 Å². The third-order valence-electron chi connectivity index (χ3n) is 15.8. The molecule has 496 valence electrons. The largest absolute Gasteiger partial charge is 0.491 e. The number of rotatable bonds is 22. The second-order valence-corrected chi connectivity index (χ2v) is 22.5. The van der Waals surface area contributed by atoms with Gasteiger partial charge in [0.2, 0.25) is 22.7 Å². The molecule has 4 aromatic heterocycles. The number of likely N-dealkylation sites (N-methyl/N-ethyl adjacent to an activating group) is 2. The molecule has 9 N–H and O–H groups in total. The standard InChI is InChI=1S/C18H21BN4O2.C17H19BN4O2.C16H17BN4O3.C16H17BN4O2.CH4/c1-19-15-6-5-14(11-13(15)12-25-19)21-17-8-7-16(20-2)18(22-17)23(3)9-10-24-4;1-18-14-5-4-13(10-12(14)11-24-18)20-16-7-6-15(19-2)17(21-16)22(3)8-9-23;1-18-14-5-6-15(21-16(14)19-7-8-23-2)20-12-3-4-13-11(9-12)10-24-17(13)22;1-17-13-4-3-12(9-11(13)10-23-17)20-15-6-5-14(18-2)16(21-15)19-7-8-22;/h5-8,11H,9-10,12H2,1,3-4H3,(H,21,22);4-7,10,23H,8-9,11H2,1,3H3,(H,20,21);3-6,9,22H,7-8,10H2,2H3,(H2,19,20,21);3-6,9,22H,7-8,10H2,1H3,(H2,19,20,21);1H4. The number of aliphatic hydroxyl groups excluding tert-OH is 2. The van der Waals surface area contributed by atoms with E-state index in [2.05, 4.69) is 114 Å². The van der Waals surface area contributed by atoms with Crippen molar-refractivity contribution in [2.45, 2.75) is 54.3 Å². The zero-order chi connectivity index (χ0) is 68.1. The molecule has 97 heavy (non-hydrogen) atoms. The first-order chi connectivity index (χ1) is 46.6. The number of hydrogen-bond acceptors (Lipinski definition) is 21. The maximum Gasteiger partial charge on any atom is 0.491 e. The number of nitrogens with zero attached hydrogens (tertiary/aromatic N) is 10. The van der Waals surface area contributed by atoms with E-state index in [9.17, 15) is 5.02 Å². The van der Waals surface area contributed by atoms with Gasteiger partial charge in [0.15, 0.2) is 0 Å². The van der Waals surface area contributed by atoms with Gasteiger partial charge in [-0.05, 0) is 141 Å². The zero-order valence-corrected chi connectivity index (χ0v) is 54.6. The highest BCUT2D eigenvalue weighted by Crippen LogP contribution is 2.33. The predicted molar refractivity (Wildman–Crippen MR) is 390 cm³/mol. The van der Waals surface area contributed by atoms with Gasteiger partial charge in [-0.25, -0.2) is 39.3 Å². The summed E-state index contributed by atoms with van der Waals surface area (Å²) in [6, 6.07) is 38.2. The van der Waals surface area contributed by atoms with E-state index in [1.807, 2.05) is 75.1 Å². The number of anilines is 12. The van der Waals surface area contributed by atoms with Crippen molar-refractivity contribution in [3.8, 4) is 0 Å². The zero-order valence-electron chi connectivity index (χ0n) is 54.6. The molecular weight excluding hydrogens is 1230 g/mol. The lowest BCUT2D eigenvalue weighted by molar-refractivity contribution is 0.206. The number of ether oxygens (including phenoxy) is 2. The summed E-state index contributed by atoms with van der Waals surface area (Å²) in [5, 5.41) is 46.8. The molecule has 4 aliphatic heterocycles. The highest BCUT2D eigenvalue weighted by Gasteiger charge is 2.28. The van der Waals surface area contributed by atoms with Crippen LogP contribution in [-0.2, 0) is 54.5 Å². The van der Waals surface area contributed by atoms with Crippen LogP contribution in [0.4, 0.5) is 92.0 Å². The number of nitrogens with one attached hydrogen (secondary N) is 6. The molecule has 0 saturated carbocycles. The van der Waals surface area contributed by atoms with Crippen LogP contribution >= 0.6 is 0 Å². The number of pyridine rings is 4. The van der Waals surface area contributed by atoms with Crippen molar-refractivity contribution in [2.24, 2.45) is 0 Å². The molecule has 4 aromatic carbocycles. The highest BCUT2D eigenvalue weighted by molar-refractivity contribution is 6.68. The quantitative estimate of drug-likeness (QED) is 0.0174. The number of hydrogen-bond donors (Lipinski definition) is 9. The number of fused-ring (bicyclic) bond motifs is 4. The van der Waals surface area contributed by atoms with Crippen LogP contribution in [0.25, 0.3) is 19.4 Å². The molecule has 0 atom stereocenters. The van der Waals surface area contributed by atoms with Gasteiger partial charge in [0.05, 0.1) is 79.1 Å². The van der Waals surface area contributed by atoms with Crippen LogP contribution in [0.15, 0.2) is 121 Å². The van der Waals surface area contributed by atoms with Crippen molar-refractivity contribution < 1.29 is 43.3 Å². The summed E-state index contributed by atoms with van der Waals surface area (Å²) < 4.78 is 32.2. The van der Waals surface area contributed by atoms with Crippen LogP contribution in [0.3, 0.4) is 0 Å². The van der Waals surface area contributed by atoms with Crippen LogP contribution in [0.5, 0.6) is 0 Å². The Morgan fingerprint density at radius 2 is 0.804 bits per heavy atom. The number of methoxy groups -OCH3 is 2. The Balaban J connectivity index is 0.000000165. The summed E-state index contributed by atoms with van der Waals surface area (Å²) in [7, 11) is 6.16. The van der Waals surface area contributed by atoms with E-state index in [1.54, 1.807) is 61.6 Å². The third-order valence-corrected chi connectivity index (χ3v) is 15.8. The van der Waals surface area contributed by atoms with E-state index in [0.29, 0.717) is 135 Å². The first kappa shape index (κ1) is 72.6. The lowest BCUT2D eigenvalue weighted by Gasteiger charge is -2.20. The molecule has 0 aliphatic carbocycles. The second kappa shape index (κ2) is 35.5. The van der Waals surface area contributed by atoms with Gasteiger partial charge in [0.25, 0.3) is 0 Å². The summed E-state index contributed by atoms with van der Waals surface area (Å²) in [6.45, 7) is 41.0. The van der Waals surface area contributed by atoms with Crippen molar-refractivity contribution in [2.75, 3.05) is 123 Å². The van der Waals surface area contributed by atoms with Crippen LogP contribution in [-0.4, -0.2) is 144 Å². The first-order valence-corrected chi connectivity index (χ1v) is 31.0. The summed E-state index contributed by atoms with van der Waals surface area (Å²) in [4.78, 5) is 35.7. The summed E-state index contributed by atoms with van der Waals surface area (Å²) in [6.07, 6.45) is 0. The minimum Gasteiger partial charge on any atom is -0.427 e. The van der Waals surface area contributed by atoms with E-state index in [1.165, 1.54) is 33.1 Å². The van der Waals surface area contributed by atoms with Crippen molar-refractivity contribution in [1.82, 2.24) is 19.9 Å². The number of aliphatic hydroxyl groups is 2. The van der Waals surface area contributed by atoms with Gasteiger partial charge in [-0.15, -0.1) is 0 Å². The van der Waals surface area contributed by atoms with E-state index >= 15 is 0 Å². The molecule has 12 rings (SSSR count). The van der Waals surface area contributed by atoms with E-state index in [0.717, 1.165) is 33.8 Å². The van der Waals surface area contributed by atoms with Crippen molar-refractivity contribution in [3.05, 3.63) is 189 Å².